The van der Waals surface area contributed by atoms with Gasteiger partial charge in [0.15, 0.2) is 0 Å². The number of likely N-dealkylation sites (tertiary alicyclic amines) is 2. The van der Waals surface area contributed by atoms with Crippen molar-refractivity contribution in [1.29, 1.82) is 0 Å². The molecule has 0 radical (unpaired) electrons. The minimum absolute atomic E-state index is 0.0441. The first-order chi connectivity index (χ1) is 12.7. The first kappa shape index (κ1) is 17.2. The highest BCUT2D eigenvalue weighted by atomic mass is 32.1. The van der Waals surface area contributed by atoms with Gasteiger partial charge >= 0.3 is 0 Å². The lowest BCUT2D eigenvalue weighted by Crippen LogP contribution is -2.50. The molecular weight excluding hydrogens is 346 g/mol. The maximum atomic E-state index is 13.2. The highest BCUT2D eigenvalue weighted by molar-refractivity contribution is 7.07. The first-order valence-electron chi connectivity index (χ1n) is 9.19. The number of piperidine rings is 1. The van der Waals surface area contributed by atoms with Gasteiger partial charge in [0.25, 0.3) is 5.91 Å². The Morgan fingerprint density at radius 2 is 2.04 bits per heavy atom. The van der Waals surface area contributed by atoms with Crippen molar-refractivity contribution in [2.24, 2.45) is 5.41 Å². The van der Waals surface area contributed by atoms with Crippen LogP contribution in [-0.2, 0) is 11.2 Å². The van der Waals surface area contributed by atoms with Gasteiger partial charge in [0.2, 0.25) is 5.91 Å². The second-order valence-electron chi connectivity index (χ2n) is 7.26. The SMILES string of the molecule is O=C(c1cscn1)N1CCC2(CCCN(CCc3ccccc3)C2=O)C1. The van der Waals surface area contributed by atoms with Gasteiger partial charge in [-0.1, -0.05) is 30.3 Å². The van der Waals surface area contributed by atoms with Crippen molar-refractivity contribution in [3.05, 3.63) is 52.5 Å². The van der Waals surface area contributed by atoms with Crippen LogP contribution >= 0.6 is 11.3 Å². The van der Waals surface area contributed by atoms with Crippen molar-refractivity contribution in [3.8, 4) is 0 Å². The molecule has 1 aromatic carbocycles. The monoisotopic (exact) mass is 369 g/mol. The number of aromatic nitrogens is 1. The number of hydrogen-bond acceptors (Lipinski definition) is 4. The number of carbonyl (C=O) groups is 2. The molecule has 26 heavy (non-hydrogen) atoms. The Morgan fingerprint density at radius 1 is 1.19 bits per heavy atom. The molecule has 2 aliphatic heterocycles. The molecule has 2 amide bonds. The number of hydrogen-bond donors (Lipinski definition) is 0. The highest BCUT2D eigenvalue weighted by Gasteiger charge is 2.49. The third-order valence-electron chi connectivity index (χ3n) is 5.63. The van der Waals surface area contributed by atoms with Gasteiger partial charge < -0.3 is 9.80 Å². The van der Waals surface area contributed by atoms with Gasteiger partial charge in [-0.05, 0) is 31.2 Å². The minimum Gasteiger partial charge on any atom is -0.342 e. The second-order valence-corrected chi connectivity index (χ2v) is 7.98. The van der Waals surface area contributed by atoms with Crippen LogP contribution in [0.5, 0.6) is 0 Å². The zero-order chi connectivity index (χ0) is 18.0. The number of amides is 2. The molecule has 1 unspecified atom stereocenters. The molecule has 3 heterocycles. The zero-order valence-electron chi connectivity index (χ0n) is 14.8. The summed E-state index contributed by atoms with van der Waals surface area (Å²) in [5, 5.41) is 1.78. The standard InChI is InChI=1S/C20H23N3O2S/c24-18(17-13-26-15-21-17)23-12-9-20(14-23)8-4-10-22(19(20)25)11-7-16-5-2-1-3-6-16/h1-3,5-6,13,15H,4,7-12,14H2. The molecule has 0 saturated carbocycles. The lowest BCUT2D eigenvalue weighted by molar-refractivity contribution is -0.145. The fourth-order valence-electron chi connectivity index (χ4n) is 4.18. The summed E-state index contributed by atoms with van der Waals surface area (Å²) in [4.78, 5) is 33.7. The van der Waals surface area contributed by atoms with Crippen molar-refractivity contribution in [2.45, 2.75) is 25.7 Å². The number of nitrogens with zero attached hydrogens (tertiary/aromatic N) is 3. The first-order valence-corrected chi connectivity index (χ1v) is 10.1. The Balaban J connectivity index is 1.42. The Morgan fingerprint density at radius 3 is 2.81 bits per heavy atom. The fourth-order valence-corrected chi connectivity index (χ4v) is 4.70. The predicted octanol–water partition coefficient (Wildman–Crippen LogP) is 2.84. The van der Waals surface area contributed by atoms with E-state index in [1.165, 1.54) is 16.9 Å². The third kappa shape index (κ3) is 3.26. The van der Waals surface area contributed by atoms with Gasteiger partial charge in [-0.3, -0.25) is 9.59 Å². The molecular formula is C20H23N3O2S. The molecule has 1 aromatic heterocycles. The van der Waals surface area contributed by atoms with Crippen LogP contribution in [0, 0.1) is 5.41 Å². The summed E-state index contributed by atoms with van der Waals surface area (Å²) >= 11 is 1.43. The molecule has 1 atom stereocenters. The van der Waals surface area contributed by atoms with Gasteiger partial charge in [0.05, 0.1) is 10.9 Å². The lowest BCUT2D eigenvalue weighted by Gasteiger charge is -2.39. The van der Waals surface area contributed by atoms with Crippen LogP contribution in [0.25, 0.3) is 0 Å². The predicted molar refractivity (Wildman–Crippen MR) is 101 cm³/mol. The number of benzene rings is 1. The Labute approximate surface area is 157 Å². The van der Waals surface area contributed by atoms with E-state index in [2.05, 4.69) is 17.1 Å². The van der Waals surface area contributed by atoms with Crippen LogP contribution < -0.4 is 0 Å². The van der Waals surface area contributed by atoms with Crippen molar-refractivity contribution < 1.29 is 9.59 Å². The lowest BCUT2D eigenvalue weighted by atomic mass is 9.78. The fraction of sp³-hybridized carbons (Fsp3) is 0.450. The van der Waals surface area contributed by atoms with Crippen molar-refractivity contribution in [2.75, 3.05) is 26.2 Å². The molecule has 0 N–H and O–H groups in total. The molecule has 0 bridgehead atoms. The molecule has 6 heteroatoms. The molecule has 4 rings (SSSR count). The van der Waals surface area contributed by atoms with Gasteiger partial charge in [0, 0.05) is 31.6 Å². The van der Waals surface area contributed by atoms with E-state index in [0.29, 0.717) is 18.8 Å². The van der Waals surface area contributed by atoms with Crippen LogP contribution in [0.3, 0.4) is 0 Å². The summed E-state index contributed by atoms with van der Waals surface area (Å²) < 4.78 is 0. The minimum atomic E-state index is -0.388. The van der Waals surface area contributed by atoms with Crippen molar-refractivity contribution >= 4 is 23.2 Å². The molecule has 5 nitrogen and oxygen atoms in total. The van der Waals surface area contributed by atoms with E-state index in [9.17, 15) is 9.59 Å². The molecule has 2 aliphatic rings. The molecule has 2 aromatic rings. The molecule has 0 aliphatic carbocycles. The van der Waals surface area contributed by atoms with Crippen LogP contribution in [0.1, 0.15) is 35.3 Å². The smallest absolute Gasteiger partial charge is 0.273 e. The largest absolute Gasteiger partial charge is 0.342 e. The van der Waals surface area contributed by atoms with E-state index in [1.54, 1.807) is 10.9 Å². The topological polar surface area (TPSA) is 53.5 Å². The van der Waals surface area contributed by atoms with E-state index >= 15 is 0 Å². The van der Waals surface area contributed by atoms with Crippen LogP contribution in [-0.4, -0.2) is 52.8 Å². The summed E-state index contributed by atoms with van der Waals surface area (Å²) in [6, 6.07) is 10.3. The van der Waals surface area contributed by atoms with E-state index in [4.69, 9.17) is 0 Å². The van der Waals surface area contributed by atoms with Gasteiger partial charge in [-0.15, -0.1) is 11.3 Å². The number of thiazole rings is 1. The Kier molecular flexibility index (Phi) is 4.76. The molecule has 1 spiro atoms. The van der Waals surface area contributed by atoms with Crippen LogP contribution in [0.2, 0.25) is 0 Å². The summed E-state index contributed by atoms with van der Waals surface area (Å²) in [6.07, 6.45) is 3.54. The maximum absolute atomic E-state index is 13.2. The van der Waals surface area contributed by atoms with E-state index in [-0.39, 0.29) is 17.2 Å². The van der Waals surface area contributed by atoms with Crippen LogP contribution in [0.4, 0.5) is 0 Å². The summed E-state index contributed by atoms with van der Waals surface area (Å²) in [6.45, 7) is 2.76. The van der Waals surface area contributed by atoms with E-state index in [0.717, 1.165) is 38.8 Å². The van der Waals surface area contributed by atoms with Crippen LogP contribution in [0.15, 0.2) is 41.2 Å². The van der Waals surface area contributed by atoms with Gasteiger partial charge in [-0.2, -0.15) is 0 Å². The molecule has 2 fully saturated rings. The average molecular weight is 369 g/mol. The van der Waals surface area contributed by atoms with Gasteiger partial charge in [0.1, 0.15) is 5.69 Å². The highest BCUT2D eigenvalue weighted by Crippen LogP contribution is 2.40. The summed E-state index contributed by atoms with van der Waals surface area (Å²) in [5.74, 6) is 0.186. The zero-order valence-corrected chi connectivity index (χ0v) is 15.6. The van der Waals surface area contributed by atoms with Gasteiger partial charge in [-0.25, -0.2) is 4.98 Å². The number of carbonyl (C=O) groups excluding carboxylic acids is 2. The average Bonchev–Trinajstić information content (AvgIpc) is 3.34. The maximum Gasteiger partial charge on any atom is 0.273 e. The van der Waals surface area contributed by atoms with Crippen molar-refractivity contribution in [1.82, 2.24) is 14.8 Å². The summed E-state index contributed by atoms with van der Waals surface area (Å²) in [5.41, 5.74) is 3.04. The summed E-state index contributed by atoms with van der Waals surface area (Å²) in [7, 11) is 0. The van der Waals surface area contributed by atoms with E-state index in [1.807, 2.05) is 28.0 Å². The molecule has 2 saturated heterocycles. The normalized spacial score (nSPS) is 23.0. The second kappa shape index (κ2) is 7.19. The Bertz CT molecular complexity index is 778. The molecule has 136 valence electrons. The third-order valence-corrected chi connectivity index (χ3v) is 6.22. The van der Waals surface area contributed by atoms with E-state index < -0.39 is 0 Å². The quantitative estimate of drug-likeness (QED) is 0.833. The number of rotatable bonds is 4. The Hall–Kier alpha value is -2.21. The van der Waals surface area contributed by atoms with Crippen molar-refractivity contribution in [3.63, 3.8) is 0 Å².